The predicted molar refractivity (Wildman–Crippen MR) is 138 cm³/mol. The van der Waals surface area contributed by atoms with Gasteiger partial charge >= 0.3 is 5.97 Å². The Bertz CT molecular complexity index is 1270. The van der Waals surface area contributed by atoms with E-state index in [1.54, 1.807) is 24.3 Å². The number of carbonyl (C=O) groups excluding carboxylic acids is 3. The lowest BCUT2D eigenvalue weighted by Gasteiger charge is -2.16. The third-order valence-electron chi connectivity index (χ3n) is 5.38. The van der Waals surface area contributed by atoms with Crippen LogP contribution in [0.1, 0.15) is 35.7 Å². The normalized spacial score (nSPS) is 13.4. The van der Waals surface area contributed by atoms with Gasteiger partial charge in [-0.15, -0.1) is 0 Å². The van der Waals surface area contributed by atoms with Gasteiger partial charge in [-0.2, -0.15) is 0 Å². The smallest absolute Gasteiger partial charge is 0.338 e. The molecule has 0 spiro atoms. The highest BCUT2D eigenvalue weighted by Crippen LogP contribution is 2.37. The molecule has 1 N–H and O–H groups in total. The number of nitrogens with zero attached hydrogens (tertiary/aromatic N) is 1. The van der Waals surface area contributed by atoms with Crippen LogP contribution in [0.3, 0.4) is 0 Å². The number of esters is 1. The van der Waals surface area contributed by atoms with Crippen LogP contribution in [0, 0.1) is 6.92 Å². The summed E-state index contributed by atoms with van der Waals surface area (Å²) in [5, 5.41) is 3.16. The fourth-order valence-electron chi connectivity index (χ4n) is 3.56. The van der Waals surface area contributed by atoms with Crippen molar-refractivity contribution in [2.24, 2.45) is 0 Å². The molecule has 3 aromatic carbocycles. The van der Waals surface area contributed by atoms with E-state index in [9.17, 15) is 14.4 Å². The van der Waals surface area contributed by atoms with Crippen LogP contribution in [0.25, 0.3) is 0 Å². The highest BCUT2D eigenvalue weighted by Gasteiger charge is 2.40. The highest BCUT2D eigenvalue weighted by atomic mass is 32.2. The number of carbonyl (C=O) groups is 3. The van der Waals surface area contributed by atoms with E-state index in [-0.39, 0.29) is 5.70 Å². The average Bonchev–Trinajstić information content (AvgIpc) is 3.09. The summed E-state index contributed by atoms with van der Waals surface area (Å²) >= 11 is 1.24. The number of hydrogen-bond acceptors (Lipinski definition) is 6. The second-order valence-corrected chi connectivity index (χ2v) is 9.18. The van der Waals surface area contributed by atoms with Crippen molar-refractivity contribution in [3.05, 3.63) is 101 Å². The van der Waals surface area contributed by atoms with Gasteiger partial charge in [-0.25, -0.2) is 9.69 Å². The van der Waals surface area contributed by atoms with Crippen LogP contribution in [0.5, 0.6) is 0 Å². The van der Waals surface area contributed by atoms with E-state index in [0.717, 1.165) is 33.9 Å². The van der Waals surface area contributed by atoms with Gasteiger partial charge in [-0.3, -0.25) is 9.59 Å². The van der Waals surface area contributed by atoms with E-state index in [4.69, 9.17) is 4.74 Å². The molecule has 0 saturated heterocycles. The number of rotatable bonds is 9. The SMILES string of the molecule is CCCCOC(=O)c1ccc(N2C(=O)C(Nc3cccc(C)c3)=C(Sc3ccccc3)C2=O)cc1. The van der Waals surface area contributed by atoms with Gasteiger partial charge in [0.15, 0.2) is 0 Å². The number of thioether (sulfide) groups is 1. The van der Waals surface area contributed by atoms with E-state index in [0.29, 0.717) is 22.8 Å². The largest absolute Gasteiger partial charge is 0.462 e. The van der Waals surface area contributed by atoms with E-state index in [2.05, 4.69) is 5.32 Å². The van der Waals surface area contributed by atoms with Gasteiger partial charge < -0.3 is 10.1 Å². The molecule has 178 valence electrons. The Balaban J connectivity index is 1.62. The lowest BCUT2D eigenvalue weighted by Crippen LogP contribution is -2.32. The maximum atomic E-state index is 13.5. The second kappa shape index (κ2) is 11.1. The Morgan fingerprint density at radius 2 is 1.69 bits per heavy atom. The Morgan fingerprint density at radius 3 is 2.37 bits per heavy atom. The summed E-state index contributed by atoms with van der Waals surface area (Å²) in [4.78, 5) is 41.5. The van der Waals surface area contributed by atoms with Crippen LogP contribution in [0.15, 0.2) is 94.4 Å². The molecule has 0 fully saturated rings. The van der Waals surface area contributed by atoms with Crippen molar-refractivity contribution in [2.75, 3.05) is 16.8 Å². The van der Waals surface area contributed by atoms with Gasteiger partial charge in [0.05, 0.1) is 17.9 Å². The Labute approximate surface area is 209 Å². The summed E-state index contributed by atoms with van der Waals surface area (Å²) in [6, 6.07) is 23.4. The molecular weight excluding hydrogens is 460 g/mol. The van der Waals surface area contributed by atoms with Crippen molar-refractivity contribution < 1.29 is 19.1 Å². The molecule has 3 aromatic rings. The first-order chi connectivity index (χ1) is 17.0. The lowest BCUT2D eigenvalue weighted by molar-refractivity contribution is -0.120. The zero-order valence-corrected chi connectivity index (χ0v) is 20.4. The summed E-state index contributed by atoms with van der Waals surface area (Å²) in [5.74, 6) is -1.30. The van der Waals surface area contributed by atoms with Crippen LogP contribution in [0.2, 0.25) is 0 Å². The van der Waals surface area contributed by atoms with E-state index >= 15 is 0 Å². The number of amides is 2. The van der Waals surface area contributed by atoms with Crippen molar-refractivity contribution in [2.45, 2.75) is 31.6 Å². The number of ether oxygens (including phenoxy) is 1. The van der Waals surface area contributed by atoms with Gasteiger partial charge in [0.2, 0.25) is 0 Å². The summed E-state index contributed by atoms with van der Waals surface area (Å²) in [7, 11) is 0. The highest BCUT2D eigenvalue weighted by molar-refractivity contribution is 8.04. The number of unbranched alkanes of at least 4 members (excludes halogenated alkanes) is 1. The molecule has 0 atom stereocenters. The maximum absolute atomic E-state index is 13.5. The fraction of sp³-hybridized carbons (Fsp3) is 0.179. The maximum Gasteiger partial charge on any atom is 0.338 e. The molecule has 6 nitrogen and oxygen atoms in total. The van der Waals surface area contributed by atoms with Crippen LogP contribution >= 0.6 is 11.8 Å². The van der Waals surface area contributed by atoms with Crippen LogP contribution in [0.4, 0.5) is 11.4 Å². The topological polar surface area (TPSA) is 75.7 Å². The molecule has 1 heterocycles. The molecule has 4 rings (SSSR count). The lowest BCUT2D eigenvalue weighted by atomic mass is 10.2. The molecule has 7 heteroatoms. The van der Waals surface area contributed by atoms with E-state index in [1.807, 2.05) is 68.4 Å². The minimum atomic E-state index is -0.451. The predicted octanol–water partition coefficient (Wildman–Crippen LogP) is 5.94. The first kappa shape index (κ1) is 24.3. The van der Waals surface area contributed by atoms with Gasteiger partial charge in [0, 0.05) is 10.6 Å². The molecule has 1 aliphatic heterocycles. The Morgan fingerprint density at radius 1 is 0.943 bits per heavy atom. The van der Waals surface area contributed by atoms with Crippen LogP contribution < -0.4 is 10.2 Å². The zero-order chi connectivity index (χ0) is 24.8. The van der Waals surface area contributed by atoms with Gasteiger partial charge in [0.25, 0.3) is 11.8 Å². The summed E-state index contributed by atoms with van der Waals surface area (Å²) in [6.07, 6.45) is 1.73. The zero-order valence-electron chi connectivity index (χ0n) is 19.6. The molecule has 0 radical (unpaired) electrons. The number of nitrogens with one attached hydrogen (secondary N) is 1. The molecular formula is C28H26N2O4S. The standard InChI is InChI=1S/C28H26N2O4S/c1-3-4-17-34-28(33)20-13-15-22(16-14-20)30-26(31)24(29-21-10-8-9-19(2)18-21)25(27(30)32)35-23-11-6-5-7-12-23/h5-16,18,29H,3-4,17H2,1-2H3. The van der Waals surface area contributed by atoms with E-state index < -0.39 is 17.8 Å². The molecule has 0 bridgehead atoms. The number of anilines is 2. The van der Waals surface area contributed by atoms with E-state index in [1.165, 1.54) is 11.8 Å². The Hall–Kier alpha value is -3.84. The second-order valence-electron chi connectivity index (χ2n) is 8.10. The molecule has 0 aromatic heterocycles. The molecule has 1 aliphatic rings. The first-order valence-corrected chi connectivity index (χ1v) is 12.3. The summed E-state index contributed by atoms with van der Waals surface area (Å²) in [6.45, 7) is 4.34. The molecule has 0 saturated carbocycles. The van der Waals surface area contributed by atoms with Crippen molar-refractivity contribution in [3.63, 3.8) is 0 Å². The summed E-state index contributed by atoms with van der Waals surface area (Å²) < 4.78 is 5.24. The third kappa shape index (κ3) is 5.63. The molecule has 2 amide bonds. The minimum Gasteiger partial charge on any atom is -0.462 e. The first-order valence-electron chi connectivity index (χ1n) is 11.4. The molecule has 0 aliphatic carbocycles. The van der Waals surface area contributed by atoms with Crippen LogP contribution in [-0.4, -0.2) is 24.4 Å². The Kier molecular flexibility index (Phi) is 7.67. The van der Waals surface area contributed by atoms with Gasteiger partial charge in [-0.05, 0) is 67.4 Å². The fourth-order valence-corrected chi connectivity index (χ4v) is 4.51. The number of aryl methyl sites for hydroxylation is 1. The molecule has 0 unspecified atom stereocenters. The number of benzene rings is 3. The van der Waals surface area contributed by atoms with Crippen molar-refractivity contribution in [1.29, 1.82) is 0 Å². The van der Waals surface area contributed by atoms with Gasteiger partial charge in [-0.1, -0.05) is 55.4 Å². The minimum absolute atomic E-state index is 0.220. The van der Waals surface area contributed by atoms with Crippen LogP contribution in [-0.2, 0) is 14.3 Å². The third-order valence-corrected chi connectivity index (χ3v) is 6.47. The van der Waals surface area contributed by atoms with Gasteiger partial charge in [0.1, 0.15) is 10.6 Å². The quantitative estimate of drug-likeness (QED) is 0.229. The average molecular weight is 487 g/mol. The number of imide groups is 1. The number of hydrogen-bond donors (Lipinski definition) is 1. The monoisotopic (exact) mass is 486 g/mol. The van der Waals surface area contributed by atoms with Crippen molar-refractivity contribution >= 4 is 40.9 Å². The van der Waals surface area contributed by atoms with Crippen molar-refractivity contribution in [3.8, 4) is 0 Å². The summed E-state index contributed by atoms with van der Waals surface area (Å²) in [5.41, 5.74) is 2.73. The molecule has 35 heavy (non-hydrogen) atoms. The van der Waals surface area contributed by atoms with Crippen molar-refractivity contribution in [1.82, 2.24) is 0 Å².